The summed E-state index contributed by atoms with van der Waals surface area (Å²) < 4.78 is 7.35. The number of amides is 2. The van der Waals surface area contributed by atoms with E-state index in [4.69, 9.17) is 17.0 Å². The van der Waals surface area contributed by atoms with Crippen molar-refractivity contribution in [2.75, 3.05) is 12.0 Å². The number of rotatable bonds is 4. The minimum absolute atomic E-state index is 0.0191. The summed E-state index contributed by atoms with van der Waals surface area (Å²) in [5, 5.41) is 2.66. The molecule has 0 aliphatic carbocycles. The maximum atomic E-state index is 13.3. The number of hydrogen-bond acceptors (Lipinski definition) is 4. The highest BCUT2D eigenvalue weighted by Crippen LogP contribution is 2.27. The van der Waals surface area contributed by atoms with Gasteiger partial charge in [-0.05, 0) is 75.0 Å². The summed E-state index contributed by atoms with van der Waals surface area (Å²) in [6.45, 7) is 6.00. The molecule has 1 aliphatic heterocycles. The summed E-state index contributed by atoms with van der Waals surface area (Å²) in [7, 11) is 1.55. The zero-order valence-electron chi connectivity index (χ0n) is 18.3. The molecule has 0 bridgehead atoms. The molecule has 0 spiro atoms. The van der Waals surface area contributed by atoms with Crippen LogP contribution in [0.25, 0.3) is 11.8 Å². The van der Waals surface area contributed by atoms with Gasteiger partial charge in [0.15, 0.2) is 5.11 Å². The van der Waals surface area contributed by atoms with Crippen LogP contribution in [0.5, 0.6) is 5.75 Å². The van der Waals surface area contributed by atoms with Gasteiger partial charge < -0.3 is 9.30 Å². The zero-order chi connectivity index (χ0) is 23.0. The van der Waals surface area contributed by atoms with Crippen LogP contribution in [0.2, 0.25) is 0 Å². The van der Waals surface area contributed by atoms with Crippen molar-refractivity contribution >= 4 is 40.9 Å². The molecule has 0 saturated carbocycles. The van der Waals surface area contributed by atoms with E-state index >= 15 is 0 Å². The molecule has 32 heavy (non-hydrogen) atoms. The highest BCUT2D eigenvalue weighted by Gasteiger charge is 2.35. The lowest BCUT2D eigenvalue weighted by Crippen LogP contribution is -2.54. The molecule has 2 aromatic carbocycles. The molecular weight excluding hydrogens is 422 g/mol. The van der Waals surface area contributed by atoms with Crippen LogP contribution in [0.4, 0.5) is 5.69 Å². The van der Waals surface area contributed by atoms with Crippen LogP contribution in [0, 0.1) is 20.8 Å². The second-order valence-corrected chi connectivity index (χ2v) is 8.04. The Morgan fingerprint density at radius 2 is 1.69 bits per heavy atom. The molecule has 0 radical (unpaired) electrons. The highest BCUT2D eigenvalue weighted by atomic mass is 32.1. The first-order valence-electron chi connectivity index (χ1n) is 10.1. The Morgan fingerprint density at radius 3 is 2.38 bits per heavy atom. The molecule has 1 fully saturated rings. The predicted octanol–water partition coefficient (Wildman–Crippen LogP) is 4.24. The lowest BCUT2D eigenvalue weighted by atomic mass is 10.1. The van der Waals surface area contributed by atoms with Gasteiger partial charge >= 0.3 is 0 Å². The average molecular weight is 446 g/mol. The van der Waals surface area contributed by atoms with Crippen LogP contribution in [0.3, 0.4) is 0 Å². The Morgan fingerprint density at radius 1 is 0.969 bits per heavy atom. The summed E-state index contributed by atoms with van der Waals surface area (Å²) in [6, 6.07) is 17.1. The quantitative estimate of drug-likeness (QED) is 0.371. The molecule has 162 valence electrons. The number of methoxy groups -OCH3 is 1. The van der Waals surface area contributed by atoms with Crippen molar-refractivity contribution in [2.24, 2.45) is 0 Å². The smallest absolute Gasteiger partial charge is 0.270 e. The van der Waals surface area contributed by atoms with Gasteiger partial charge in [-0.15, -0.1) is 0 Å². The number of carbonyl (C=O) groups excluding carboxylic acids is 2. The molecule has 2 amide bonds. The Bertz CT molecular complexity index is 1270. The van der Waals surface area contributed by atoms with Crippen molar-refractivity contribution in [3.05, 3.63) is 82.7 Å². The van der Waals surface area contributed by atoms with Crippen LogP contribution < -0.4 is 15.0 Å². The van der Waals surface area contributed by atoms with Crippen LogP contribution in [0.15, 0.2) is 60.2 Å². The summed E-state index contributed by atoms with van der Waals surface area (Å²) in [4.78, 5) is 27.3. The summed E-state index contributed by atoms with van der Waals surface area (Å²) >= 11 is 5.29. The minimum Gasteiger partial charge on any atom is -0.497 e. The van der Waals surface area contributed by atoms with E-state index in [0.29, 0.717) is 11.4 Å². The Labute approximate surface area is 192 Å². The monoisotopic (exact) mass is 445 g/mol. The fourth-order valence-corrected chi connectivity index (χ4v) is 4.10. The number of carbonyl (C=O) groups is 2. The zero-order valence-corrected chi connectivity index (χ0v) is 19.1. The van der Waals surface area contributed by atoms with Gasteiger partial charge in [0, 0.05) is 23.1 Å². The van der Waals surface area contributed by atoms with Gasteiger partial charge in [-0.25, -0.2) is 0 Å². The third-order valence-corrected chi connectivity index (χ3v) is 5.76. The van der Waals surface area contributed by atoms with Gasteiger partial charge in [-0.2, -0.15) is 0 Å². The Kier molecular flexibility index (Phi) is 5.67. The number of ether oxygens (including phenoxy) is 1. The average Bonchev–Trinajstić information content (AvgIpc) is 3.04. The van der Waals surface area contributed by atoms with Gasteiger partial charge in [0.25, 0.3) is 11.8 Å². The summed E-state index contributed by atoms with van der Waals surface area (Å²) in [6.07, 6.45) is 1.62. The molecule has 0 unspecified atom stereocenters. The van der Waals surface area contributed by atoms with E-state index in [-0.39, 0.29) is 10.7 Å². The van der Waals surface area contributed by atoms with Crippen molar-refractivity contribution < 1.29 is 14.3 Å². The minimum atomic E-state index is -0.515. The molecule has 6 nitrogen and oxygen atoms in total. The van der Waals surface area contributed by atoms with E-state index in [1.807, 2.05) is 39.0 Å². The molecule has 1 N–H and O–H groups in total. The highest BCUT2D eigenvalue weighted by molar-refractivity contribution is 7.80. The van der Waals surface area contributed by atoms with Gasteiger partial charge in [0.2, 0.25) is 0 Å². The van der Waals surface area contributed by atoms with Crippen LogP contribution in [-0.2, 0) is 9.59 Å². The maximum Gasteiger partial charge on any atom is 0.270 e. The number of anilines is 1. The lowest BCUT2D eigenvalue weighted by Gasteiger charge is -2.29. The number of nitrogens with zero attached hydrogens (tertiary/aromatic N) is 2. The molecule has 0 atom stereocenters. The molecule has 7 heteroatoms. The molecule has 2 heterocycles. The second-order valence-electron chi connectivity index (χ2n) is 7.66. The standard InChI is InChI=1S/C25H23N3O3S/c1-15-8-10-19(11-9-15)27-16(2)12-18(17(27)3)13-22-23(29)26-25(32)28(24(22)30)20-6-5-7-21(14-20)31-4/h5-14H,1-4H3,(H,26,29,32). The van der Waals surface area contributed by atoms with Gasteiger partial charge in [0.1, 0.15) is 11.3 Å². The number of aryl methyl sites for hydroxylation is 2. The molecular formula is C25H23N3O3S. The number of hydrogen-bond donors (Lipinski definition) is 1. The van der Waals surface area contributed by atoms with Crippen molar-refractivity contribution in [1.82, 2.24) is 9.88 Å². The Balaban J connectivity index is 1.75. The van der Waals surface area contributed by atoms with E-state index < -0.39 is 11.8 Å². The predicted molar refractivity (Wildman–Crippen MR) is 129 cm³/mol. The molecule has 4 rings (SSSR count). The number of nitrogens with one attached hydrogen (secondary N) is 1. The van der Waals surface area contributed by atoms with Crippen molar-refractivity contribution in [3.63, 3.8) is 0 Å². The van der Waals surface area contributed by atoms with Gasteiger partial charge in [0.05, 0.1) is 12.8 Å². The molecule has 1 saturated heterocycles. The maximum absolute atomic E-state index is 13.3. The number of thiocarbonyl (C=S) groups is 1. The first-order valence-corrected chi connectivity index (χ1v) is 10.5. The normalized spacial score (nSPS) is 15.3. The second kappa shape index (κ2) is 8.43. The molecule has 3 aromatic rings. The fourth-order valence-electron chi connectivity index (χ4n) is 3.82. The van der Waals surface area contributed by atoms with E-state index in [1.165, 1.54) is 10.5 Å². The summed E-state index contributed by atoms with van der Waals surface area (Å²) in [5.41, 5.74) is 5.47. The fraction of sp³-hybridized carbons (Fsp3) is 0.160. The molecule has 1 aliphatic rings. The third-order valence-electron chi connectivity index (χ3n) is 5.48. The topological polar surface area (TPSA) is 63.6 Å². The van der Waals surface area contributed by atoms with Gasteiger partial charge in [-0.1, -0.05) is 23.8 Å². The largest absolute Gasteiger partial charge is 0.497 e. The Hall–Kier alpha value is -3.71. The lowest BCUT2D eigenvalue weighted by molar-refractivity contribution is -0.122. The van der Waals surface area contributed by atoms with Crippen LogP contribution >= 0.6 is 12.2 Å². The third kappa shape index (κ3) is 3.83. The first kappa shape index (κ1) is 21.5. The summed E-state index contributed by atoms with van der Waals surface area (Å²) in [5.74, 6) is -0.409. The van der Waals surface area contributed by atoms with E-state index in [1.54, 1.807) is 37.5 Å². The first-order chi connectivity index (χ1) is 15.3. The SMILES string of the molecule is COc1cccc(N2C(=O)C(=Cc3cc(C)n(-c4ccc(C)cc4)c3C)C(=O)NC2=S)c1. The van der Waals surface area contributed by atoms with Crippen molar-refractivity contribution in [1.29, 1.82) is 0 Å². The van der Waals surface area contributed by atoms with Crippen LogP contribution in [-0.4, -0.2) is 28.6 Å². The van der Waals surface area contributed by atoms with E-state index in [2.05, 4.69) is 22.0 Å². The number of aromatic nitrogens is 1. The van der Waals surface area contributed by atoms with Crippen LogP contribution in [0.1, 0.15) is 22.5 Å². The molecule has 1 aromatic heterocycles. The van der Waals surface area contributed by atoms with E-state index in [0.717, 1.165) is 22.6 Å². The van der Waals surface area contributed by atoms with Crippen molar-refractivity contribution in [2.45, 2.75) is 20.8 Å². The number of benzene rings is 2. The van der Waals surface area contributed by atoms with Gasteiger partial charge in [-0.3, -0.25) is 19.8 Å². The van der Waals surface area contributed by atoms with E-state index in [9.17, 15) is 9.59 Å². The van der Waals surface area contributed by atoms with Crippen molar-refractivity contribution in [3.8, 4) is 11.4 Å².